The predicted octanol–water partition coefficient (Wildman–Crippen LogP) is -0.859. The summed E-state index contributed by atoms with van der Waals surface area (Å²) in [6.07, 6.45) is 1.62. The van der Waals surface area contributed by atoms with Crippen molar-refractivity contribution >= 4 is 0 Å². The van der Waals surface area contributed by atoms with Gasteiger partial charge in [0.05, 0.1) is 19.8 Å². The second-order valence-electron chi connectivity index (χ2n) is 5.22. The van der Waals surface area contributed by atoms with Crippen LogP contribution in [0.4, 0.5) is 0 Å². The van der Waals surface area contributed by atoms with Crippen LogP contribution in [0, 0.1) is 12.8 Å². The van der Waals surface area contributed by atoms with E-state index in [0.717, 1.165) is 0 Å². The van der Waals surface area contributed by atoms with Crippen LogP contribution >= 0.6 is 0 Å². The smallest absolute Gasteiger partial charge is 0.330 e. The number of aromatic amines is 1. The summed E-state index contributed by atoms with van der Waals surface area (Å²) >= 11 is 0. The zero-order chi connectivity index (χ0) is 13.6. The molecule has 2 aliphatic rings. The molecule has 104 valence electrons. The van der Waals surface area contributed by atoms with Crippen molar-refractivity contribution < 1.29 is 14.6 Å². The van der Waals surface area contributed by atoms with Crippen LogP contribution in [0.15, 0.2) is 15.8 Å². The molecule has 19 heavy (non-hydrogen) atoms. The van der Waals surface area contributed by atoms with E-state index in [1.165, 1.54) is 10.8 Å². The molecule has 0 aromatic carbocycles. The number of hydrogen-bond donors (Lipinski definition) is 2. The molecule has 0 bridgehead atoms. The number of nitrogens with one attached hydrogen (secondary N) is 1. The monoisotopic (exact) mass is 268 g/mol. The maximum absolute atomic E-state index is 11.8. The summed E-state index contributed by atoms with van der Waals surface area (Å²) in [5.41, 5.74) is -1.14. The van der Waals surface area contributed by atoms with Crippen molar-refractivity contribution in [3.05, 3.63) is 32.6 Å². The molecule has 2 N–H and O–H groups in total. The van der Waals surface area contributed by atoms with Crippen molar-refractivity contribution in [2.75, 3.05) is 19.8 Å². The number of aliphatic hydroxyl groups is 1. The minimum Gasteiger partial charge on any atom is -0.393 e. The van der Waals surface area contributed by atoms with E-state index in [4.69, 9.17) is 9.47 Å². The molecule has 0 amide bonds. The van der Waals surface area contributed by atoms with Crippen molar-refractivity contribution in [2.45, 2.75) is 25.2 Å². The van der Waals surface area contributed by atoms with E-state index in [9.17, 15) is 14.7 Å². The van der Waals surface area contributed by atoms with Gasteiger partial charge in [0.25, 0.3) is 5.56 Å². The van der Waals surface area contributed by atoms with Crippen LogP contribution in [0.25, 0.3) is 0 Å². The van der Waals surface area contributed by atoms with E-state index in [2.05, 4.69) is 4.98 Å². The van der Waals surface area contributed by atoms with Gasteiger partial charge in [-0.3, -0.25) is 14.3 Å². The van der Waals surface area contributed by atoms with Crippen molar-refractivity contribution in [2.24, 2.45) is 5.92 Å². The summed E-state index contributed by atoms with van der Waals surface area (Å²) in [5, 5.41) is 9.51. The first kappa shape index (κ1) is 12.6. The molecular formula is C12H16N2O5. The maximum atomic E-state index is 11.8. The molecule has 0 radical (unpaired) electrons. The van der Waals surface area contributed by atoms with Gasteiger partial charge >= 0.3 is 5.69 Å². The Kier molecular flexibility index (Phi) is 2.84. The van der Waals surface area contributed by atoms with Crippen molar-refractivity contribution in [3.63, 3.8) is 0 Å². The van der Waals surface area contributed by atoms with Gasteiger partial charge in [0, 0.05) is 24.1 Å². The van der Waals surface area contributed by atoms with Crippen molar-refractivity contribution in [1.82, 2.24) is 9.55 Å². The summed E-state index contributed by atoms with van der Waals surface area (Å²) in [6, 6.07) is 0. The van der Waals surface area contributed by atoms with Gasteiger partial charge in [0.2, 0.25) is 0 Å². The molecule has 7 heteroatoms. The number of H-pyrrole nitrogens is 1. The molecule has 0 spiro atoms. The van der Waals surface area contributed by atoms with Crippen LogP contribution in [0.2, 0.25) is 0 Å². The van der Waals surface area contributed by atoms with Gasteiger partial charge in [-0.25, -0.2) is 4.79 Å². The summed E-state index contributed by atoms with van der Waals surface area (Å²) in [5.74, 6) is 0.0710. The first-order valence-corrected chi connectivity index (χ1v) is 6.24. The molecule has 2 unspecified atom stereocenters. The van der Waals surface area contributed by atoms with E-state index in [1.54, 1.807) is 6.92 Å². The second-order valence-corrected chi connectivity index (χ2v) is 5.22. The fraction of sp³-hybridized carbons (Fsp3) is 0.667. The average molecular weight is 268 g/mol. The van der Waals surface area contributed by atoms with Gasteiger partial charge in [0.15, 0.2) is 0 Å². The zero-order valence-corrected chi connectivity index (χ0v) is 10.6. The largest absolute Gasteiger partial charge is 0.393 e. The van der Waals surface area contributed by atoms with Gasteiger partial charge in [-0.05, 0) is 6.92 Å². The van der Waals surface area contributed by atoms with Crippen LogP contribution in [-0.2, 0) is 9.47 Å². The Bertz CT molecular complexity index is 607. The number of aromatic nitrogens is 2. The molecule has 2 fully saturated rings. The number of fused-ring (bicyclic) bond motifs is 1. The third-order valence-corrected chi connectivity index (χ3v) is 3.99. The lowest BCUT2D eigenvalue weighted by Gasteiger charge is -2.25. The highest BCUT2D eigenvalue weighted by molar-refractivity contribution is 5.04. The highest BCUT2D eigenvalue weighted by atomic mass is 16.6. The summed E-state index contributed by atoms with van der Waals surface area (Å²) in [7, 11) is 0. The quantitative estimate of drug-likeness (QED) is 0.728. The Morgan fingerprint density at radius 2 is 2.37 bits per heavy atom. The Morgan fingerprint density at radius 1 is 1.58 bits per heavy atom. The summed E-state index contributed by atoms with van der Waals surface area (Å²) < 4.78 is 12.6. The topological polar surface area (TPSA) is 93.6 Å². The van der Waals surface area contributed by atoms with Crippen LogP contribution in [0.5, 0.6) is 0 Å². The molecule has 0 aliphatic carbocycles. The number of aliphatic hydroxyl groups excluding tert-OH is 1. The minimum atomic E-state index is -0.714. The van der Waals surface area contributed by atoms with E-state index in [-0.39, 0.29) is 18.1 Å². The molecule has 0 saturated carbocycles. The molecule has 3 atom stereocenters. The van der Waals surface area contributed by atoms with Gasteiger partial charge in [-0.2, -0.15) is 0 Å². The number of nitrogens with zero attached hydrogens (tertiary/aromatic N) is 1. The maximum Gasteiger partial charge on any atom is 0.330 e. The molecule has 2 saturated heterocycles. The van der Waals surface area contributed by atoms with Gasteiger partial charge in [-0.15, -0.1) is 0 Å². The molecule has 3 heterocycles. The van der Waals surface area contributed by atoms with Gasteiger partial charge < -0.3 is 14.6 Å². The lowest BCUT2D eigenvalue weighted by molar-refractivity contribution is -0.112. The fourth-order valence-corrected chi connectivity index (χ4v) is 2.80. The lowest BCUT2D eigenvalue weighted by atomic mass is 9.91. The number of hydrogen-bond acceptors (Lipinski definition) is 5. The number of rotatable bonds is 2. The first-order valence-electron chi connectivity index (χ1n) is 6.24. The first-order chi connectivity index (χ1) is 9.05. The van der Waals surface area contributed by atoms with Gasteiger partial charge in [0.1, 0.15) is 11.8 Å². The molecule has 1 aromatic rings. The second kappa shape index (κ2) is 4.29. The van der Waals surface area contributed by atoms with Crippen LogP contribution in [0.1, 0.15) is 18.2 Å². The van der Waals surface area contributed by atoms with Crippen LogP contribution in [0.3, 0.4) is 0 Å². The molecule has 1 aromatic heterocycles. The Hall–Kier alpha value is -1.44. The zero-order valence-electron chi connectivity index (χ0n) is 10.6. The fourth-order valence-electron chi connectivity index (χ4n) is 2.80. The van der Waals surface area contributed by atoms with E-state index in [0.29, 0.717) is 25.2 Å². The Labute approximate surface area is 108 Å². The number of ether oxygens (including phenoxy) is 2. The Balaban J connectivity index is 1.96. The number of aryl methyl sites for hydroxylation is 1. The van der Waals surface area contributed by atoms with E-state index in [1.807, 2.05) is 0 Å². The van der Waals surface area contributed by atoms with Crippen molar-refractivity contribution in [3.8, 4) is 0 Å². The normalized spacial score (nSPS) is 33.6. The van der Waals surface area contributed by atoms with Crippen molar-refractivity contribution in [1.29, 1.82) is 0 Å². The average Bonchev–Trinajstić information content (AvgIpc) is 2.90. The predicted molar refractivity (Wildman–Crippen MR) is 64.9 cm³/mol. The standard InChI is InChI=1S/C12H16N2O5/c1-7-3-14(11(17)13-10(7)16)9-2-8-4-18-6-12(8,5-15)19-9/h3,8-9,15H,2,4-6H2,1H3,(H,13,16,17)/t8?,9?,12-/m0/s1. The third kappa shape index (κ3) is 1.85. The highest BCUT2D eigenvalue weighted by Gasteiger charge is 2.53. The molecule has 3 rings (SSSR count). The SMILES string of the molecule is Cc1cn(C2CC3COC[C@]3(CO)O2)c(=O)[nH]c1=O. The summed E-state index contributed by atoms with van der Waals surface area (Å²) in [6.45, 7) is 2.36. The third-order valence-electron chi connectivity index (χ3n) is 3.99. The lowest BCUT2D eigenvalue weighted by Crippen LogP contribution is -2.40. The van der Waals surface area contributed by atoms with Crippen LogP contribution in [-0.4, -0.2) is 40.1 Å². The van der Waals surface area contributed by atoms with E-state index >= 15 is 0 Å². The minimum absolute atomic E-state index is 0.0710. The molecular weight excluding hydrogens is 252 g/mol. The van der Waals surface area contributed by atoms with Gasteiger partial charge in [-0.1, -0.05) is 0 Å². The van der Waals surface area contributed by atoms with E-state index < -0.39 is 17.5 Å². The molecule has 2 aliphatic heterocycles. The van der Waals surface area contributed by atoms with Crippen LogP contribution < -0.4 is 11.2 Å². The molecule has 7 nitrogen and oxygen atoms in total. The Morgan fingerprint density at radius 3 is 3.05 bits per heavy atom. The highest BCUT2D eigenvalue weighted by Crippen LogP contribution is 2.44. The summed E-state index contributed by atoms with van der Waals surface area (Å²) in [4.78, 5) is 25.4.